The van der Waals surface area contributed by atoms with Gasteiger partial charge in [0.15, 0.2) is 0 Å². The summed E-state index contributed by atoms with van der Waals surface area (Å²) in [5, 5.41) is 7.90. The van der Waals surface area contributed by atoms with Crippen LogP contribution in [0, 0.1) is 0 Å². The summed E-state index contributed by atoms with van der Waals surface area (Å²) < 4.78 is -1.72. The van der Waals surface area contributed by atoms with Gasteiger partial charge in [-0.15, -0.1) is 0 Å². The molecular weight excluding hydrogens is 188 g/mol. The Bertz CT molecular complexity index is 138. The molecule has 0 aliphatic carbocycles. The minimum Gasteiger partial charge on any atom is -0.463 e. The van der Waals surface area contributed by atoms with E-state index in [1.807, 2.05) is 0 Å². The first-order valence-electron chi connectivity index (χ1n) is 1.77. The van der Waals surface area contributed by atoms with E-state index in [0.717, 1.165) is 0 Å². The van der Waals surface area contributed by atoms with Crippen LogP contribution in [0.2, 0.25) is 0 Å². The molecule has 0 saturated heterocycles. The van der Waals surface area contributed by atoms with Crippen LogP contribution in [0.1, 0.15) is 0 Å². The van der Waals surface area contributed by atoms with E-state index in [1.54, 1.807) is 0 Å². The number of rotatable bonds is 0. The fraction of sp³-hybridized carbons (Fsp3) is 0.333. The maximum atomic E-state index is 9.67. The third kappa shape index (κ3) is 8.01. The Morgan fingerprint density at radius 3 is 2.11 bits per heavy atom. The molecule has 0 fully saturated rings. The molecule has 9 heavy (non-hydrogen) atoms. The van der Waals surface area contributed by atoms with Gasteiger partial charge in [-0.3, -0.25) is 0 Å². The van der Waals surface area contributed by atoms with Gasteiger partial charge in [-0.1, -0.05) is 34.8 Å². The zero-order chi connectivity index (χ0) is 7.49. The number of carboxylic acid groups (broad SMARTS) is 1. The van der Waals surface area contributed by atoms with Crippen molar-refractivity contribution in [2.45, 2.75) is 3.79 Å². The Balaban J connectivity index is 3.86. The van der Waals surface area contributed by atoms with Gasteiger partial charge in [0.25, 0.3) is 0 Å². The summed E-state index contributed by atoms with van der Waals surface area (Å²) in [4.78, 5) is 12.5. The van der Waals surface area contributed by atoms with E-state index in [2.05, 4.69) is 4.99 Å². The standard InChI is InChI=1S/C3H2Cl3NO2/c4-3(5,6)1-7-2(8)9/h1H,(H,8,9). The molecule has 0 aromatic heterocycles. The predicted octanol–water partition coefficient (Wildman–Crippen LogP) is 2.11. The Morgan fingerprint density at radius 1 is 1.56 bits per heavy atom. The highest BCUT2D eigenvalue weighted by atomic mass is 35.6. The lowest BCUT2D eigenvalue weighted by Crippen LogP contribution is -2.04. The molecule has 0 saturated carbocycles. The fourth-order valence-corrected chi connectivity index (χ4v) is 0.275. The van der Waals surface area contributed by atoms with E-state index in [0.29, 0.717) is 6.21 Å². The van der Waals surface area contributed by atoms with E-state index in [9.17, 15) is 4.79 Å². The zero-order valence-corrected chi connectivity index (χ0v) is 6.28. The number of nitrogens with zero attached hydrogens (tertiary/aromatic N) is 1. The van der Waals surface area contributed by atoms with Crippen LogP contribution >= 0.6 is 34.8 Å². The third-order valence-electron chi connectivity index (χ3n) is 0.321. The summed E-state index contributed by atoms with van der Waals surface area (Å²) in [5.74, 6) is 0. The summed E-state index contributed by atoms with van der Waals surface area (Å²) in [6.45, 7) is 0. The summed E-state index contributed by atoms with van der Waals surface area (Å²) in [5.41, 5.74) is 0. The quantitative estimate of drug-likeness (QED) is 0.470. The zero-order valence-electron chi connectivity index (χ0n) is 4.01. The van der Waals surface area contributed by atoms with E-state index in [1.165, 1.54) is 0 Å². The lowest BCUT2D eigenvalue weighted by atomic mass is 10.8. The molecule has 0 bridgehead atoms. The summed E-state index contributed by atoms with van der Waals surface area (Å²) >= 11 is 15.3. The number of aliphatic imine (C=N–C) groups is 1. The van der Waals surface area contributed by atoms with Crippen LogP contribution in [0.3, 0.4) is 0 Å². The van der Waals surface area contributed by atoms with Crippen molar-refractivity contribution in [2.24, 2.45) is 4.99 Å². The van der Waals surface area contributed by atoms with E-state index in [-0.39, 0.29) is 0 Å². The lowest BCUT2D eigenvalue weighted by Gasteiger charge is -1.98. The number of hydrogen-bond donors (Lipinski definition) is 1. The van der Waals surface area contributed by atoms with Crippen molar-refractivity contribution in [1.29, 1.82) is 0 Å². The number of alkyl halides is 3. The highest BCUT2D eigenvalue weighted by Crippen LogP contribution is 2.22. The second-order valence-corrected chi connectivity index (χ2v) is 3.45. The molecule has 1 amide bonds. The summed E-state index contributed by atoms with van der Waals surface area (Å²) in [6, 6.07) is 0. The average Bonchev–Trinajstić information content (AvgIpc) is 1.59. The van der Waals surface area contributed by atoms with Gasteiger partial charge in [0.2, 0.25) is 3.79 Å². The summed E-state index contributed by atoms with van der Waals surface area (Å²) in [7, 11) is 0. The molecule has 52 valence electrons. The maximum absolute atomic E-state index is 9.67. The predicted molar refractivity (Wildman–Crippen MR) is 36.8 cm³/mol. The molecule has 1 N–H and O–H groups in total. The molecule has 0 heterocycles. The van der Waals surface area contributed by atoms with Crippen molar-refractivity contribution in [3.05, 3.63) is 0 Å². The van der Waals surface area contributed by atoms with Crippen LogP contribution in [0.25, 0.3) is 0 Å². The molecule has 3 nitrogen and oxygen atoms in total. The van der Waals surface area contributed by atoms with Gasteiger partial charge in [-0.05, 0) is 0 Å². The molecule has 6 heteroatoms. The SMILES string of the molecule is O=C(O)N=CC(Cl)(Cl)Cl. The van der Waals surface area contributed by atoms with Crippen molar-refractivity contribution < 1.29 is 9.90 Å². The minimum atomic E-state index is -1.72. The van der Waals surface area contributed by atoms with E-state index in [4.69, 9.17) is 39.9 Å². The van der Waals surface area contributed by atoms with Crippen LogP contribution in [0.15, 0.2) is 4.99 Å². The first-order chi connectivity index (χ1) is 3.92. The normalized spacial score (nSPS) is 12.3. The van der Waals surface area contributed by atoms with Gasteiger partial charge in [0.05, 0.1) is 6.21 Å². The van der Waals surface area contributed by atoms with Crippen molar-refractivity contribution in [3.8, 4) is 0 Å². The fourth-order valence-electron chi connectivity index (χ4n) is 0.128. The number of hydrogen-bond acceptors (Lipinski definition) is 1. The van der Waals surface area contributed by atoms with Crippen LogP contribution in [0.4, 0.5) is 4.79 Å². The third-order valence-corrected chi connectivity index (χ3v) is 0.614. The number of carbonyl (C=O) groups is 1. The van der Waals surface area contributed by atoms with Gasteiger partial charge in [-0.25, -0.2) is 4.79 Å². The Morgan fingerprint density at radius 2 is 2.00 bits per heavy atom. The van der Waals surface area contributed by atoms with Crippen LogP contribution in [-0.4, -0.2) is 21.2 Å². The average molecular weight is 190 g/mol. The van der Waals surface area contributed by atoms with Crippen LogP contribution in [0.5, 0.6) is 0 Å². The monoisotopic (exact) mass is 189 g/mol. The maximum Gasteiger partial charge on any atom is 0.430 e. The second-order valence-electron chi connectivity index (χ2n) is 1.08. The molecule has 0 aliphatic rings. The molecule has 0 rings (SSSR count). The highest BCUT2D eigenvalue weighted by molar-refractivity contribution is 6.74. The van der Waals surface area contributed by atoms with Crippen LogP contribution in [-0.2, 0) is 0 Å². The topological polar surface area (TPSA) is 49.7 Å². The first kappa shape index (κ1) is 9.01. The number of amides is 1. The molecule has 0 aromatic rings. The summed E-state index contributed by atoms with van der Waals surface area (Å²) in [6.07, 6.45) is -0.679. The van der Waals surface area contributed by atoms with E-state index < -0.39 is 9.89 Å². The highest BCUT2D eigenvalue weighted by Gasteiger charge is 2.15. The van der Waals surface area contributed by atoms with Gasteiger partial charge in [0.1, 0.15) is 0 Å². The van der Waals surface area contributed by atoms with Gasteiger partial charge >= 0.3 is 6.09 Å². The second kappa shape index (κ2) is 3.25. The van der Waals surface area contributed by atoms with Crippen molar-refractivity contribution in [1.82, 2.24) is 0 Å². The van der Waals surface area contributed by atoms with Crippen molar-refractivity contribution in [2.75, 3.05) is 0 Å². The minimum absolute atomic E-state index is 0.708. The first-order valence-corrected chi connectivity index (χ1v) is 2.90. The molecule has 0 atom stereocenters. The van der Waals surface area contributed by atoms with E-state index >= 15 is 0 Å². The molecule has 0 aliphatic heterocycles. The Labute approximate surface area is 66.2 Å². The van der Waals surface area contributed by atoms with Crippen LogP contribution < -0.4 is 0 Å². The number of halogens is 3. The Hall–Kier alpha value is 0.01000. The Kier molecular flexibility index (Phi) is 3.25. The molecule has 0 unspecified atom stereocenters. The van der Waals surface area contributed by atoms with Gasteiger partial charge in [0, 0.05) is 0 Å². The lowest BCUT2D eigenvalue weighted by molar-refractivity contribution is 0.206. The van der Waals surface area contributed by atoms with Gasteiger partial charge in [-0.2, -0.15) is 4.99 Å². The molecular formula is C3H2Cl3NO2. The molecule has 0 aromatic carbocycles. The smallest absolute Gasteiger partial charge is 0.430 e. The van der Waals surface area contributed by atoms with Gasteiger partial charge < -0.3 is 5.11 Å². The largest absolute Gasteiger partial charge is 0.463 e. The van der Waals surface area contributed by atoms with Crippen molar-refractivity contribution in [3.63, 3.8) is 0 Å². The molecule has 0 spiro atoms. The molecule has 0 radical (unpaired) electrons. The van der Waals surface area contributed by atoms with Crippen molar-refractivity contribution >= 4 is 47.1 Å².